The Bertz CT molecular complexity index is 738. The minimum Gasteiger partial charge on any atom is -0.339 e. The fourth-order valence-corrected chi connectivity index (χ4v) is 3.38. The van der Waals surface area contributed by atoms with Crippen molar-refractivity contribution in [1.82, 2.24) is 9.80 Å². The molecule has 1 heterocycles. The molecule has 8 heteroatoms. The number of carbonyl (C=O) groups is 2. The average Bonchev–Trinajstić information content (AvgIpc) is 2.58. The highest BCUT2D eigenvalue weighted by molar-refractivity contribution is 7.90. The van der Waals surface area contributed by atoms with Crippen LogP contribution in [0.2, 0.25) is 0 Å². The Balaban J connectivity index is 1.97. The van der Waals surface area contributed by atoms with Gasteiger partial charge in [0, 0.05) is 50.5 Å². The molecule has 0 radical (unpaired) electrons. The molecule has 0 bridgehead atoms. The van der Waals surface area contributed by atoms with Crippen molar-refractivity contribution in [1.29, 1.82) is 0 Å². The van der Waals surface area contributed by atoms with E-state index in [0.717, 1.165) is 6.26 Å². The zero-order chi connectivity index (χ0) is 18.6. The molecule has 1 aliphatic heterocycles. The first-order valence-electron chi connectivity index (χ1n) is 8.31. The Kier molecular flexibility index (Phi) is 6.18. The van der Waals surface area contributed by atoms with E-state index in [1.807, 2.05) is 6.92 Å². The number of carbonyl (C=O) groups excluding carboxylic acids is 2. The Hall–Kier alpha value is -1.93. The first kappa shape index (κ1) is 19.4. The zero-order valence-electron chi connectivity index (χ0n) is 14.6. The second-order valence-corrected chi connectivity index (χ2v) is 8.50. The van der Waals surface area contributed by atoms with Gasteiger partial charge in [0.25, 0.3) is 5.91 Å². The van der Waals surface area contributed by atoms with Gasteiger partial charge in [-0.1, -0.05) is 6.07 Å². The van der Waals surface area contributed by atoms with Crippen molar-refractivity contribution in [3.63, 3.8) is 0 Å². The summed E-state index contributed by atoms with van der Waals surface area (Å²) < 4.78 is 23.3. The van der Waals surface area contributed by atoms with Crippen molar-refractivity contribution in [3.05, 3.63) is 29.8 Å². The molecule has 1 aromatic carbocycles. The molecule has 1 saturated heterocycles. The number of benzene rings is 1. The van der Waals surface area contributed by atoms with E-state index < -0.39 is 9.84 Å². The van der Waals surface area contributed by atoms with E-state index in [4.69, 9.17) is 5.73 Å². The van der Waals surface area contributed by atoms with Gasteiger partial charge in [0.1, 0.15) is 0 Å². The second kappa shape index (κ2) is 7.97. The van der Waals surface area contributed by atoms with E-state index in [2.05, 4.69) is 0 Å². The van der Waals surface area contributed by atoms with Crippen LogP contribution in [0.3, 0.4) is 0 Å². The molecule has 2 rings (SSSR count). The van der Waals surface area contributed by atoms with Gasteiger partial charge in [0.05, 0.1) is 4.90 Å². The number of sulfone groups is 1. The highest BCUT2D eigenvalue weighted by Gasteiger charge is 2.25. The van der Waals surface area contributed by atoms with Crippen molar-refractivity contribution >= 4 is 21.7 Å². The third-order valence-electron chi connectivity index (χ3n) is 4.24. The molecule has 2 N–H and O–H groups in total. The molecule has 0 saturated carbocycles. The van der Waals surface area contributed by atoms with Gasteiger partial charge < -0.3 is 15.5 Å². The topological polar surface area (TPSA) is 101 Å². The predicted octanol–water partition coefficient (Wildman–Crippen LogP) is 0.502. The molecule has 25 heavy (non-hydrogen) atoms. The highest BCUT2D eigenvalue weighted by atomic mass is 32.2. The summed E-state index contributed by atoms with van der Waals surface area (Å²) in [6.07, 6.45) is 2.18. The molecule has 1 aromatic rings. The third kappa shape index (κ3) is 5.27. The van der Waals surface area contributed by atoms with Crippen LogP contribution < -0.4 is 5.73 Å². The number of rotatable bonds is 5. The van der Waals surface area contributed by atoms with Crippen LogP contribution in [0.4, 0.5) is 0 Å². The van der Waals surface area contributed by atoms with Crippen LogP contribution in [-0.2, 0) is 14.6 Å². The Labute approximate surface area is 148 Å². The molecule has 1 unspecified atom stereocenters. The molecule has 1 atom stereocenters. The van der Waals surface area contributed by atoms with E-state index in [9.17, 15) is 18.0 Å². The van der Waals surface area contributed by atoms with Gasteiger partial charge in [-0.05, 0) is 31.5 Å². The molecule has 0 aliphatic carbocycles. The Morgan fingerprint density at radius 2 is 1.76 bits per heavy atom. The summed E-state index contributed by atoms with van der Waals surface area (Å²) >= 11 is 0. The van der Waals surface area contributed by atoms with E-state index in [-0.39, 0.29) is 22.8 Å². The lowest BCUT2D eigenvalue weighted by molar-refractivity contribution is -0.132. The lowest BCUT2D eigenvalue weighted by atomic mass is 10.1. The molecular weight excluding hydrogens is 342 g/mol. The smallest absolute Gasteiger partial charge is 0.254 e. The number of amides is 2. The number of hydrogen-bond donors (Lipinski definition) is 1. The minimum absolute atomic E-state index is 0.00561. The lowest BCUT2D eigenvalue weighted by Crippen LogP contribution is -2.50. The van der Waals surface area contributed by atoms with Crippen molar-refractivity contribution < 1.29 is 18.0 Å². The summed E-state index contributed by atoms with van der Waals surface area (Å²) in [6, 6.07) is 6.04. The number of hydrogen-bond acceptors (Lipinski definition) is 5. The molecular formula is C17H25N3O4S. The average molecular weight is 367 g/mol. The monoisotopic (exact) mass is 367 g/mol. The van der Waals surface area contributed by atoms with Gasteiger partial charge in [0.2, 0.25) is 5.91 Å². The van der Waals surface area contributed by atoms with Gasteiger partial charge in [-0.15, -0.1) is 0 Å². The van der Waals surface area contributed by atoms with E-state index in [1.54, 1.807) is 21.9 Å². The summed E-state index contributed by atoms with van der Waals surface area (Å²) in [4.78, 5) is 28.2. The van der Waals surface area contributed by atoms with Crippen LogP contribution in [0.15, 0.2) is 29.2 Å². The zero-order valence-corrected chi connectivity index (χ0v) is 15.5. The lowest BCUT2D eigenvalue weighted by Gasteiger charge is -2.35. The maximum atomic E-state index is 12.6. The standard InChI is InChI=1S/C17H25N3O4S/c1-13(18)6-7-16(21)19-8-10-20(11-9-19)17(22)14-4-3-5-15(12-14)25(2,23)24/h3-5,12-13H,6-11,18H2,1-2H3. The SMILES string of the molecule is CC(N)CCC(=O)N1CCN(C(=O)c2cccc(S(C)(=O)=O)c2)CC1. The van der Waals surface area contributed by atoms with Crippen molar-refractivity contribution in [2.75, 3.05) is 32.4 Å². The van der Waals surface area contributed by atoms with Crippen LogP contribution in [0.5, 0.6) is 0 Å². The fraction of sp³-hybridized carbons (Fsp3) is 0.529. The highest BCUT2D eigenvalue weighted by Crippen LogP contribution is 2.15. The van der Waals surface area contributed by atoms with Crippen LogP contribution in [-0.4, -0.2) is 68.5 Å². The predicted molar refractivity (Wildman–Crippen MR) is 94.9 cm³/mol. The normalized spacial score (nSPS) is 16.6. The Morgan fingerprint density at radius 1 is 1.16 bits per heavy atom. The first-order chi connectivity index (χ1) is 11.7. The van der Waals surface area contributed by atoms with Gasteiger partial charge in [-0.3, -0.25) is 9.59 Å². The van der Waals surface area contributed by atoms with Crippen LogP contribution in [0.25, 0.3) is 0 Å². The molecule has 0 spiro atoms. The molecule has 138 valence electrons. The number of piperazine rings is 1. The van der Waals surface area contributed by atoms with Crippen molar-refractivity contribution in [3.8, 4) is 0 Å². The maximum absolute atomic E-state index is 12.6. The van der Waals surface area contributed by atoms with E-state index in [0.29, 0.717) is 44.6 Å². The first-order valence-corrected chi connectivity index (χ1v) is 10.2. The van der Waals surface area contributed by atoms with Gasteiger partial charge >= 0.3 is 0 Å². The van der Waals surface area contributed by atoms with Gasteiger partial charge in [-0.2, -0.15) is 0 Å². The van der Waals surface area contributed by atoms with Crippen LogP contribution >= 0.6 is 0 Å². The van der Waals surface area contributed by atoms with Crippen LogP contribution in [0, 0.1) is 0 Å². The van der Waals surface area contributed by atoms with Gasteiger partial charge in [-0.25, -0.2) is 8.42 Å². The molecule has 0 aromatic heterocycles. The molecule has 7 nitrogen and oxygen atoms in total. The van der Waals surface area contributed by atoms with Crippen molar-refractivity contribution in [2.24, 2.45) is 5.73 Å². The number of nitrogens with two attached hydrogens (primary N) is 1. The molecule has 1 fully saturated rings. The molecule has 2 amide bonds. The van der Waals surface area contributed by atoms with Crippen LogP contribution in [0.1, 0.15) is 30.1 Å². The molecule has 1 aliphatic rings. The third-order valence-corrected chi connectivity index (χ3v) is 5.35. The quantitative estimate of drug-likeness (QED) is 0.817. The fourth-order valence-electron chi connectivity index (χ4n) is 2.71. The Morgan fingerprint density at radius 3 is 2.32 bits per heavy atom. The van der Waals surface area contributed by atoms with E-state index in [1.165, 1.54) is 12.1 Å². The maximum Gasteiger partial charge on any atom is 0.254 e. The summed E-state index contributed by atoms with van der Waals surface area (Å²) in [5.41, 5.74) is 6.02. The summed E-state index contributed by atoms with van der Waals surface area (Å²) in [5, 5.41) is 0. The summed E-state index contributed by atoms with van der Waals surface area (Å²) in [5.74, 6) is -0.156. The largest absolute Gasteiger partial charge is 0.339 e. The van der Waals surface area contributed by atoms with Gasteiger partial charge in [0.15, 0.2) is 9.84 Å². The van der Waals surface area contributed by atoms with Crippen molar-refractivity contribution in [2.45, 2.75) is 30.7 Å². The minimum atomic E-state index is -3.36. The van der Waals surface area contributed by atoms with E-state index >= 15 is 0 Å². The number of nitrogens with zero attached hydrogens (tertiary/aromatic N) is 2. The summed E-state index contributed by atoms with van der Waals surface area (Å²) in [6.45, 7) is 3.71. The second-order valence-electron chi connectivity index (χ2n) is 6.49. The summed E-state index contributed by atoms with van der Waals surface area (Å²) in [7, 11) is -3.36.